The van der Waals surface area contributed by atoms with E-state index in [-0.39, 0.29) is 21.4 Å². The van der Waals surface area contributed by atoms with Crippen molar-refractivity contribution in [1.29, 1.82) is 0 Å². The molecule has 2 N–H and O–H groups in total. The Balaban J connectivity index is 1.91. The van der Waals surface area contributed by atoms with Crippen molar-refractivity contribution in [2.24, 2.45) is 0 Å². The molecule has 0 atom stereocenters. The molecular formula is C20H15ClN2O4S. The minimum absolute atomic E-state index is 0.0474. The van der Waals surface area contributed by atoms with Gasteiger partial charge in [0.15, 0.2) is 5.76 Å². The van der Waals surface area contributed by atoms with Crippen molar-refractivity contribution >= 4 is 44.1 Å². The van der Waals surface area contributed by atoms with Gasteiger partial charge < -0.3 is 14.7 Å². The Morgan fingerprint density at radius 2 is 1.86 bits per heavy atom. The number of aromatic amines is 1. The van der Waals surface area contributed by atoms with Crippen LogP contribution in [0.1, 0.15) is 16.1 Å². The summed E-state index contributed by atoms with van der Waals surface area (Å²) in [6.07, 6.45) is 1.40. The second-order valence-corrected chi connectivity index (χ2v) is 8.55. The molecule has 142 valence electrons. The molecule has 28 heavy (non-hydrogen) atoms. The van der Waals surface area contributed by atoms with Crippen LogP contribution in [0.2, 0.25) is 5.02 Å². The molecular weight excluding hydrogens is 400 g/mol. The van der Waals surface area contributed by atoms with Crippen molar-refractivity contribution in [1.82, 2.24) is 4.98 Å². The van der Waals surface area contributed by atoms with Gasteiger partial charge in [0.25, 0.3) is 5.91 Å². The minimum Gasteiger partial charge on any atom is -0.459 e. The number of aromatic nitrogens is 1. The highest BCUT2D eigenvalue weighted by molar-refractivity contribution is 7.92. The number of benzene rings is 2. The van der Waals surface area contributed by atoms with Crippen LogP contribution in [0.3, 0.4) is 0 Å². The molecule has 4 aromatic rings. The maximum absolute atomic E-state index is 13.3. The molecule has 0 fully saturated rings. The van der Waals surface area contributed by atoms with Crippen molar-refractivity contribution in [2.75, 3.05) is 5.32 Å². The molecule has 1 amide bonds. The summed E-state index contributed by atoms with van der Waals surface area (Å²) in [5.74, 6) is -0.383. The summed E-state index contributed by atoms with van der Waals surface area (Å²) in [6.45, 7) is 1.73. The third-order valence-corrected chi connectivity index (χ3v) is 6.43. The fourth-order valence-electron chi connectivity index (χ4n) is 3.00. The fourth-order valence-corrected chi connectivity index (χ4v) is 4.75. The van der Waals surface area contributed by atoms with Crippen LogP contribution in [0.4, 0.5) is 5.82 Å². The molecule has 2 aromatic heterocycles. The van der Waals surface area contributed by atoms with Gasteiger partial charge in [-0.15, -0.1) is 0 Å². The summed E-state index contributed by atoms with van der Waals surface area (Å²) in [5.41, 5.74) is 1.18. The van der Waals surface area contributed by atoms with Crippen molar-refractivity contribution in [3.8, 4) is 0 Å². The lowest BCUT2D eigenvalue weighted by molar-refractivity contribution is 0.0995. The van der Waals surface area contributed by atoms with Gasteiger partial charge in [0, 0.05) is 21.5 Å². The molecule has 6 nitrogen and oxygen atoms in total. The number of aryl methyl sites for hydroxylation is 1. The van der Waals surface area contributed by atoms with Crippen LogP contribution in [0, 0.1) is 6.92 Å². The number of rotatable bonds is 4. The largest absolute Gasteiger partial charge is 0.459 e. The number of anilines is 1. The highest BCUT2D eigenvalue weighted by Crippen LogP contribution is 2.36. The maximum Gasteiger partial charge on any atom is 0.292 e. The highest BCUT2D eigenvalue weighted by atomic mass is 35.5. The highest BCUT2D eigenvalue weighted by Gasteiger charge is 2.28. The first kappa shape index (κ1) is 18.3. The van der Waals surface area contributed by atoms with Crippen molar-refractivity contribution in [2.45, 2.75) is 16.7 Å². The Hall–Kier alpha value is -3.03. The summed E-state index contributed by atoms with van der Waals surface area (Å²) in [4.78, 5) is 15.6. The Kier molecular flexibility index (Phi) is 4.49. The van der Waals surface area contributed by atoms with Crippen LogP contribution in [0.25, 0.3) is 10.9 Å². The van der Waals surface area contributed by atoms with Crippen LogP contribution in [0.15, 0.2) is 75.1 Å². The fraction of sp³-hybridized carbons (Fsp3) is 0.0500. The molecule has 2 heterocycles. The Morgan fingerprint density at radius 3 is 2.54 bits per heavy atom. The van der Waals surface area contributed by atoms with Crippen LogP contribution < -0.4 is 5.32 Å². The average Bonchev–Trinajstić information content (AvgIpc) is 3.25. The molecule has 2 aromatic carbocycles. The van der Waals surface area contributed by atoms with Gasteiger partial charge in [0.05, 0.1) is 11.2 Å². The van der Waals surface area contributed by atoms with E-state index < -0.39 is 15.7 Å². The molecule has 0 aliphatic rings. The SMILES string of the molecule is Cc1ccoc1C(=O)Nc1[nH]c2ccc(Cl)cc2c1S(=O)(=O)c1ccccc1. The number of fused-ring (bicyclic) bond motifs is 1. The third-order valence-electron chi connectivity index (χ3n) is 4.34. The molecule has 0 aliphatic heterocycles. The predicted molar refractivity (Wildman–Crippen MR) is 107 cm³/mol. The van der Waals surface area contributed by atoms with Crippen molar-refractivity contribution < 1.29 is 17.6 Å². The van der Waals surface area contributed by atoms with Crippen molar-refractivity contribution in [3.05, 3.63) is 77.2 Å². The van der Waals surface area contributed by atoms with Gasteiger partial charge in [-0.25, -0.2) is 8.42 Å². The number of furan rings is 1. The Bertz CT molecular complexity index is 1290. The maximum atomic E-state index is 13.3. The summed E-state index contributed by atoms with van der Waals surface area (Å²) in [6, 6.07) is 14.5. The number of halogens is 1. The summed E-state index contributed by atoms with van der Waals surface area (Å²) >= 11 is 6.09. The lowest BCUT2D eigenvalue weighted by Crippen LogP contribution is -2.15. The zero-order chi connectivity index (χ0) is 19.9. The van der Waals surface area contributed by atoms with E-state index in [9.17, 15) is 13.2 Å². The number of amides is 1. The molecule has 0 bridgehead atoms. The standard InChI is InChI=1S/C20H15ClN2O4S/c1-12-9-10-27-17(12)20(24)23-19-18(15-11-13(21)7-8-16(15)22-19)28(25,26)14-5-3-2-4-6-14/h2-11,22H,1H3,(H,23,24). The Labute approximate surface area is 166 Å². The molecule has 0 aliphatic carbocycles. The first-order valence-electron chi connectivity index (χ1n) is 8.35. The molecule has 0 unspecified atom stereocenters. The molecule has 0 spiro atoms. The van der Waals surface area contributed by atoms with Crippen LogP contribution in [-0.4, -0.2) is 19.3 Å². The van der Waals surface area contributed by atoms with Gasteiger partial charge in [0.1, 0.15) is 10.7 Å². The number of sulfone groups is 1. The zero-order valence-electron chi connectivity index (χ0n) is 14.7. The minimum atomic E-state index is -3.93. The van der Waals surface area contributed by atoms with Gasteiger partial charge >= 0.3 is 0 Å². The third kappa shape index (κ3) is 3.08. The van der Waals surface area contributed by atoms with Gasteiger partial charge in [-0.3, -0.25) is 4.79 Å². The van der Waals surface area contributed by atoms with Crippen LogP contribution in [-0.2, 0) is 9.84 Å². The summed E-state index contributed by atoms with van der Waals surface area (Å²) in [5, 5.41) is 3.40. The number of hydrogen-bond acceptors (Lipinski definition) is 4. The van der Waals surface area contributed by atoms with E-state index in [1.165, 1.54) is 18.4 Å². The van der Waals surface area contributed by atoms with E-state index >= 15 is 0 Å². The van der Waals surface area contributed by atoms with Crippen LogP contribution in [0.5, 0.6) is 0 Å². The normalized spacial score (nSPS) is 11.6. The van der Waals surface area contributed by atoms with E-state index in [1.807, 2.05) is 0 Å². The van der Waals surface area contributed by atoms with Gasteiger partial charge in [-0.05, 0) is 43.3 Å². The molecule has 0 saturated carbocycles. The average molecular weight is 415 g/mol. The number of H-pyrrole nitrogens is 1. The first-order valence-corrected chi connectivity index (χ1v) is 10.2. The summed E-state index contributed by atoms with van der Waals surface area (Å²) in [7, 11) is -3.93. The predicted octanol–water partition coefficient (Wildman–Crippen LogP) is 4.81. The number of nitrogens with one attached hydrogen (secondary N) is 2. The molecule has 8 heteroatoms. The Morgan fingerprint density at radius 1 is 1.11 bits per heavy atom. The topological polar surface area (TPSA) is 92.2 Å². The number of carbonyl (C=O) groups is 1. The van der Waals surface area contributed by atoms with Gasteiger partial charge in [-0.1, -0.05) is 29.8 Å². The van der Waals surface area contributed by atoms with E-state index in [2.05, 4.69) is 10.3 Å². The van der Waals surface area contributed by atoms with Crippen molar-refractivity contribution in [3.63, 3.8) is 0 Å². The monoisotopic (exact) mass is 414 g/mol. The van der Waals surface area contributed by atoms with E-state index in [4.69, 9.17) is 16.0 Å². The first-order chi connectivity index (χ1) is 13.4. The van der Waals surface area contributed by atoms with Gasteiger partial charge in [0.2, 0.25) is 9.84 Å². The van der Waals surface area contributed by atoms with E-state index in [1.54, 1.807) is 49.4 Å². The summed E-state index contributed by atoms with van der Waals surface area (Å²) < 4.78 is 31.9. The van der Waals surface area contributed by atoms with Crippen LogP contribution >= 0.6 is 11.6 Å². The quantitative estimate of drug-likeness (QED) is 0.501. The zero-order valence-corrected chi connectivity index (χ0v) is 16.3. The lowest BCUT2D eigenvalue weighted by atomic mass is 10.2. The van der Waals surface area contributed by atoms with Gasteiger partial charge in [-0.2, -0.15) is 0 Å². The smallest absolute Gasteiger partial charge is 0.292 e. The molecule has 4 rings (SSSR count). The number of hydrogen-bond donors (Lipinski definition) is 2. The number of carbonyl (C=O) groups excluding carboxylic acids is 1. The second kappa shape index (κ2) is 6.85. The second-order valence-electron chi connectivity index (χ2n) is 6.22. The van der Waals surface area contributed by atoms with E-state index in [0.29, 0.717) is 21.5 Å². The molecule has 0 radical (unpaired) electrons. The van der Waals surface area contributed by atoms with E-state index in [0.717, 1.165) is 0 Å². The lowest BCUT2D eigenvalue weighted by Gasteiger charge is -2.08. The molecule has 0 saturated heterocycles.